The van der Waals surface area contributed by atoms with Gasteiger partial charge < -0.3 is 14.9 Å². The predicted molar refractivity (Wildman–Crippen MR) is 79.5 cm³/mol. The Morgan fingerprint density at radius 1 is 1.35 bits per heavy atom. The van der Waals surface area contributed by atoms with Crippen LogP contribution in [0.4, 0.5) is 5.82 Å². The standard InChI is InChI=1S/C15H23N3O2/c1-11-8-12(14(19)20)9-13(16-11)18(4)10-15(17(2)3)6-5-7-15/h8-9H,5-7,10H2,1-4H3,(H,19,20). The van der Waals surface area contributed by atoms with Crippen LogP contribution in [0.25, 0.3) is 0 Å². The Hall–Kier alpha value is -1.62. The molecule has 0 aromatic carbocycles. The lowest BCUT2D eigenvalue weighted by Gasteiger charge is -2.49. The zero-order valence-electron chi connectivity index (χ0n) is 12.7. The lowest BCUT2D eigenvalue weighted by atomic mass is 9.75. The summed E-state index contributed by atoms with van der Waals surface area (Å²) in [5.74, 6) is -0.174. The number of carboxylic acids is 1. The number of pyridine rings is 1. The van der Waals surface area contributed by atoms with E-state index < -0.39 is 5.97 Å². The molecular weight excluding hydrogens is 254 g/mol. The molecular formula is C15H23N3O2. The summed E-state index contributed by atoms with van der Waals surface area (Å²) < 4.78 is 0. The second kappa shape index (κ2) is 5.40. The molecule has 1 heterocycles. The molecule has 0 bridgehead atoms. The number of carboxylic acid groups (broad SMARTS) is 1. The van der Waals surface area contributed by atoms with Crippen LogP contribution in [-0.2, 0) is 0 Å². The van der Waals surface area contributed by atoms with Gasteiger partial charge in [0.1, 0.15) is 5.82 Å². The van der Waals surface area contributed by atoms with Crippen LogP contribution >= 0.6 is 0 Å². The average Bonchev–Trinajstić information content (AvgIpc) is 2.32. The van der Waals surface area contributed by atoms with E-state index in [0.717, 1.165) is 18.1 Å². The van der Waals surface area contributed by atoms with Gasteiger partial charge in [-0.05, 0) is 52.4 Å². The van der Waals surface area contributed by atoms with Crippen molar-refractivity contribution < 1.29 is 9.90 Å². The molecule has 1 aliphatic carbocycles. The summed E-state index contributed by atoms with van der Waals surface area (Å²) in [5, 5.41) is 9.14. The Morgan fingerprint density at radius 2 is 2.00 bits per heavy atom. The molecule has 0 amide bonds. The van der Waals surface area contributed by atoms with E-state index in [0.29, 0.717) is 5.56 Å². The molecule has 1 N–H and O–H groups in total. The summed E-state index contributed by atoms with van der Waals surface area (Å²) in [5.41, 5.74) is 1.23. The number of carbonyl (C=O) groups is 1. The number of aromatic carboxylic acids is 1. The summed E-state index contributed by atoms with van der Waals surface area (Å²) in [4.78, 5) is 19.9. The summed E-state index contributed by atoms with van der Waals surface area (Å²) >= 11 is 0. The Labute approximate surface area is 120 Å². The van der Waals surface area contributed by atoms with Crippen molar-refractivity contribution in [3.63, 3.8) is 0 Å². The maximum atomic E-state index is 11.1. The fraction of sp³-hybridized carbons (Fsp3) is 0.600. The zero-order valence-corrected chi connectivity index (χ0v) is 12.7. The SMILES string of the molecule is Cc1cc(C(=O)O)cc(N(C)CC2(N(C)C)CCC2)n1. The van der Waals surface area contributed by atoms with Gasteiger partial charge in [-0.2, -0.15) is 0 Å². The first-order chi connectivity index (χ1) is 9.34. The molecule has 0 spiro atoms. The van der Waals surface area contributed by atoms with Crippen LogP contribution in [0.15, 0.2) is 12.1 Å². The molecule has 20 heavy (non-hydrogen) atoms. The molecule has 1 fully saturated rings. The van der Waals surface area contributed by atoms with E-state index in [1.165, 1.54) is 19.3 Å². The first kappa shape index (κ1) is 14.8. The fourth-order valence-electron chi connectivity index (χ4n) is 2.82. The monoisotopic (exact) mass is 277 g/mol. The molecule has 1 aromatic heterocycles. The van der Waals surface area contributed by atoms with Gasteiger partial charge in [0.25, 0.3) is 0 Å². The highest BCUT2D eigenvalue weighted by atomic mass is 16.4. The molecule has 5 nitrogen and oxygen atoms in total. The fourth-order valence-corrected chi connectivity index (χ4v) is 2.82. The molecule has 110 valence electrons. The Balaban J connectivity index is 2.21. The van der Waals surface area contributed by atoms with Crippen molar-refractivity contribution in [3.05, 3.63) is 23.4 Å². The normalized spacial score (nSPS) is 16.9. The molecule has 1 aliphatic rings. The maximum Gasteiger partial charge on any atom is 0.335 e. The smallest absolute Gasteiger partial charge is 0.335 e. The van der Waals surface area contributed by atoms with Crippen molar-refractivity contribution in [2.75, 3.05) is 32.6 Å². The number of anilines is 1. The summed E-state index contributed by atoms with van der Waals surface area (Å²) in [6, 6.07) is 3.25. The van der Waals surface area contributed by atoms with Gasteiger partial charge in [-0.3, -0.25) is 0 Å². The van der Waals surface area contributed by atoms with E-state index in [2.05, 4.69) is 28.9 Å². The minimum Gasteiger partial charge on any atom is -0.478 e. The van der Waals surface area contributed by atoms with E-state index in [9.17, 15) is 4.79 Å². The third kappa shape index (κ3) is 2.77. The third-order valence-corrected chi connectivity index (χ3v) is 4.34. The van der Waals surface area contributed by atoms with Gasteiger partial charge >= 0.3 is 5.97 Å². The number of rotatable bonds is 5. The van der Waals surface area contributed by atoms with Gasteiger partial charge in [-0.1, -0.05) is 0 Å². The highest BCUT2D eigenvalue weighted by molar-refractivity contribution is 5.88. The Morgan fingerprint density at radius 3 is 2.45 bits per heavy atom. The summed E-state index contributed by atoms with van der Waals surface area (Å²) in [6.07, 6.45) is 3.62. The van der Waals surface area contributed by atoms with Crippen molar-refractivity contribution in [2.45, 2.75) is 31.7 Å². The van der Waals surface area contributed by atoms with Crippen molar-refractivity contribution >= 4 is 11.8 Å². The Kier molecular flexibility index (Phi) is 3.99. The van der Waals surface area contributed by atoms with Crippen molar-refractivity contribution in [1.82, 2.24) is 9.88 Å². The van der Waals surface area contributed by atoms with Gasteiger partial charge in [-0.15, -0.1) is 0 Å². The number of aryl methyl sites for hydroxylation is 1. The van der Waals surface area contributed by atoms with Crippen LogP contribution in [0.3, 0.4) is 0 Å². The van der Waals surface area contributed by atoms with E-state index in [1.807, 2.05) is 14.0 Å². The molecule has 1 saturated carbocycles. The van der Waals surface area contributed by atoms with Gasteiger partial charge in [0, 0.05) is 24.8 Å². The molecule has 5 heteroatoms. The van der Waals surface area contributed by atoms with Gasteiger partial charge in [0.05, 0.1) is 5.56 Å². The Bertz CT molecular complexity index is 510. The van der Waals surface area contributed by atoms with Crippen molar-refractivity contribution in [1.29, 1.82) is 0 Å². The van der Waals surface area contributed by atoms with Gasteiger partial charge in [0.15, 0.2) is 0 Å². The number of hydrogen-bond donors (Lipinski definition) is 1. The number of hydrogen-bond acceptors (Lipinski definition) is 4. The maximum absolute atomic E-state index is 11.1. The van der Waals surface area contributed by atoms with Crippen LogP contribution in [0.2, 0.25) is 0 Å². The lowest BCUT2D eigenvalue weighted by Crippen LogP contribution is -2.56. The highest BCUT2D eigenvalue weighted by Gasteiger charge is 2.40. The molecule has 0 radical (unpaired) electrons. The van der Waals surface area contributed by atoms with Crippen LogP contribution in [0.5, 0.6) is 0 Å². The average molecular weight is 277 g/mol. The second-order valence-corrected chi connectivity index (χ2v) is 5.99. The zero-order chi connectivity index (χ0) is 14.9. The van der Waals surface area contributed by atoms with E-state index >= 15 is 0 Å². The van der Waals surface area contributed by atoms with Gasteiger partial charge in [0.2, 0.25) is 0 Å². The minimum absolute atomic E-state index is 0.198. The van der Waals surface area contributed by atoms with E-state index in [4.69, 9.17) is 5.11 Å². The minimum atomic E-state index is -0.906. The van der Waals surface area contributed by atoms with Crippen molar-refractivity contribution in [3.8, 4) is 0 Å². The summed E-state index contributed by atoms with van der Waals surface area (Å²) in [7, 11) is 6.20. The lowest BCUT2D eigenvalue weighted by molar-refractivity contribution is 0.0681. The first-order valence-corrected chi connectivity index (χ1v) is 6.95. The van der Waals surface area contributed by atoms with Crippen LogP contribution < -0.4 is 4.90 Å². The summed E-state index contributed by atoms with van der Waals surface area (Å²) in [6.45, 7) is 2.70. The quantitative estimate of drug-likeness (QED) is 0.892. The molecule has 0 unspecified atom stereocenters. The van der Waals surface area contributed by atoms with Crippen LogP contribution in [0, 0.1) is 6.92 Å². The molecule has 0 atom stereocenters. The van der Waals surface area contributed by atoms with Crippen LogP contribution in [0.1, 0.15) is 35.3 Å². The second-order valence-electron chi connectivity index (χ2n) is 5.99. The third-order valence-electron chi connectivity index (χ3n) is 4.34. The van der Waals surface area contributed by atoms with E-state index in [-0.39, 0.29) is 5.54 Å². The largest absolute Gasteiger partial charge is 0.478 e. The van der Waals surface area contributed by atoms with E-state index in [1.54, 1.807) is 12.1 Å². The van der Waals surface area contributed by atoms with Crippen LogP contribution in [-0.4, -0.2) is 54.2 Å². The highest BCUT2D eigenvalue weighted by Crippen LogP contribution is 2.37. The topological polar surface area (TPSA) is 56.7 Å². The first-order valence-electron chi connectivity index (χ1n) is 6.95. The number of nitrogens with zero attached hydrogens (tertiary/aromatic N) is 3. The number of aromatic nitrogens is 1. The number of likely N-dealkylation sites (N-methyl/N-ethyl adjacent to an activating group) is 2. The molecule has 0 aliphatic heterocycles. The molecule has 2 rings (SSSR count). The van der Waals surface area contributed by atoms with Crippen molar-refractivity contribution in [2.24, 2.45) is 0 Å². The molecule has 1 aromatic rings. The van der Waals surface area contributed by atoms with Gasteiger partial charge in [-0.25, -0.2) is 9.78 Å². The predicted octanol–water partition coefficient (Wildman–Crippen LogP) is 2.01. The molecule has 0 saturated heterocycles.